The van der Waals surface area contributed by atoms with Crippen LogP contribution in [-0.2, 0) is 41.9 Å². The number of aromatic nitrogens is 3. The van der Waals surface area contributed by atoms with E-state index in [1.807, 2.05) is 45.0 Å². The van der Waals surface area contributed by atoms with Crippen LogP contribution in [0.25, 0.3) is 21.9 Å². The molecule has 0 radical (unpaired) electrons. The average Bonchev–Trinajstić information content (AvgIpc) is 3.59. The monoisotopic (exact) mass is 738 g/mol. The van der Waals surface area contributed by atoms with Gasteiger partial charge in [-0.05, 0) is 72.9 Å². The number of imide groups is 1. The van der Waals surface area contributed by atoms with Crippen molar-refractivity contribution in [3.05, 3.63) is 30.1 Å². The number of amides is 4. The minimum Gasteiger partial charge on any atom is -0.382 e. The summed E-state index contributed by atoms with van der Waals surface area (Å²) >= 11 is 1.19. The number of likely N-dealkylation sites (N-methyl/N-ethyl adjacent to an activating group) is 1. The van der Waals surface area contributed by atoms with E-state index in [1.165, 1.54) is 16.7 Å². The van der Waals surface area contributed by atoms with E-state index in [4.69, 9.17) is 15.5 Å². The standard InChI is InChI=1S/C37H54N8O6S/c1-6-51-21-29-42-33-34(25-14-9-10-16-27(25)41-35(33)38)45(29)23-37(3,4)43-30(47)17-8-7-13-19-44-32(49)20-28(36(44)50)52-22-31(48)40-18-12-11-15-26(39-5)24(2)46/h9-10,14,16,26,28,39H,6-8,11-13,15,17-23H2,1-5H3,(H2,38,41)(H,40,48)(H,43,47). The van der Waals surface area contributed by atoms with Gasteiger partial charge in [0.25, 0.3) is 0 Å². The van der Waals surface area contributed by atoms with Crippen LogP contribution < -0.4 is 21.7 Å². The molecule has 1 aromatic carbocycles. The van der Waals surface area contributed by atoms with Crippen molar-refractivity contribution in [1.82, 2.24) is 35.4 Å². The summed E-state index contributed by atoms with van der Waals surface area (Å²) in [5, 5.41) is 9.36. The summed E-state index contributed by atoms with van der Waals surface area (Å²) in [5.41, 5.74) is 7.91. The highest BCUT2D eigenvalue weighted by molar-refractivity contribution is 8.01. The third kappa shape index (κ3) is 11.0. The minimum atomic E-state index is -0.630. The Morgan fingerprint density at radius 2 is 1.85 bits per heavy atom. The summed E-state index contributed by atoms with van der Waals surface area (Å²) in [6.07, 6.45) is 4.54. The van der Waals surface area contributed by atoms with Crippen LogP contribution in [0, 0.1) is 0 Å². The Morgan fingerprint density at radius 3 is 2.58 bits per heavy atom. The zero-order chi connectivity index (χ0) is 37.8. The van der Waals surface area contributed by atoms with Gasteiger partial charge in [0, 0.05) is 44.5 Å². The first-order chi connectivity index (χ1) is 24.8. The summed E-state index contributed by atoms with van der Waals surface area (Å²) in [5.74, 6) is 0.487. The van der Waals surface area contributed by atoms with Crippen LogP contribution in [0.3, 0.4) is 0 Å². The van der Waals surface area contributed by atoms with Gasteiger partial charge in [0.05, 0.1) is 33.6 Å². The number of Topliss-reactive ketones (excluding diaryl/α,β-unsaturated/α-hetero) is 1. The normalized spacial score (nSPS) is 15.5. The molecule has 4 amide bonds. The van der Waals surface area contributed by atoms with Gasteiger partial charge in [0.2, 0.25) is 23.6 Å². The number of fused-ring (bicyclic) bond motifs is 3. The Bertz CT molecular complexity index is 1740. The molecular weight excluding hydrogens is 685 g/mol. The number of benzene rings is 1. The number of nitrogens with one attached hydrogen (secondary N) is 3. The number of thioether (sulfide) groups is 1. The van der Waals surface area contributed by atoms with E-state index in [0.717, 1.165) is 29.3 Å². The van der Waals surface area contributed by atoms with Crippen molar-refractivity contribution in [2.24, 2.45) is 0 Å². The van der Waals surface area contributed by atoms with E-state index in [1.54, 1.807) is 14.0 Å². The Morgan fingerprint density at radius 1 is 1.08 bits per heavy atom. The van der Waals surface area contributed by atoms with E-state index in [0.29, 0.717) is 82.1 Å². The lowest BCUT2D eigenvalue weighted by atomic mass is 10.0. The molecule has 5 N–H and O–H groups in total. The topological polar surface area (TPSA) is 191 Å². The lowest BCUT2D eigenvalue weighted by molar-refractivity contribution is -0.138. The molecule has 3 heterocycles. The van der Waals surface area contributed by atoms with Crippen LogP contribution in [0.5, 0.6) is 0 Å². The first kappa shape index (κ1) is 40.7. The number of hydrogen-bond donors (Lipinski definition) is 4. The predicted octanol–water partition coefficient (Wildman–Crippen LogP) is 3.48. The molecule has 1 fully saturated rings. The van der Waals surface area contributed by atoms with Crippen LogP contribution in [0.15, 0.2) is 24.3 Å². The number of pyridine rings is 1. The van der Waals surface area contributed by atoms with Gasteiger partial charge in [0.15, 0.2) is 5.82 Å². The molecular formula is C37H54N8O6S. The highest BCUT2D eigenvalue weighted by atomic mass is 32.2. The second kappa shape index (κ2) is 19.1. The number of imidazole rings is 1. The maximum atomic E-state index is 13.1. The number of carbonyl (C=O) groups is 5. The Hall–Kier alpha value is -4.08. The van der Waals surface area contributed by atoms with Gasteiger partial charge >= 0.3 is 0 Å². The number of nitrogens with two attached hydrogens (primary N) is 1. The number of ketones is 1. The maximum absolute atomic E-state index is 13.1. The molecule has 284 valence electrons. The van der Waals surface area contributed by atoms with E-state index in [9.17, 15) is 24.0 Å². The van der Waals surface area contributed by atoms with Crippen molar-refractivity contribution in [2.45, 2.75) is 109 Å². The zero-order valence-electron chi connectivity index (χ0n) is 31.1. The highest BCUT2D eigenvalue weighted by Gasteiger charge is 2.38. The van der Waals surface area contributed by atoms with Gasteiger partial charge in [-0.3, -0.25) is 28.9 Å². The molecule has 1 aliphatic rings. The lowest BCUT2D eigenvalue weighted by Crippen LogP contribution is -2.46. The number of anilines is 1. The molecule has 3 aromatic rings. The van der Waals surface area contributed by atoms with Crippen molar-refractivity contribution in [3.8, 4) is 0 Å². The van der Waals surface area contributed by atoms with Gasteiger partial charge < -0.3 is 31.0 Å². The molecule has 4 rings (SSSR count). The summed E-state index contributed by atoms with van der Waals surface area (Å²) in [6.45, 7) is 9.46. The number of likely N-dealkylation sites (tertiary alicyclic amines) is 1. The van der Waals surface area contributed by atoms with Crippen molar-refractivity contribution in [3.63, 3.8) is 0 Å². The minimum absolute atomic E-state index is 0.0854. The van der Waals surface area contributed by atoms with Gasteiger partial charge in [-0.1, -0.05) is 24.6 Å². The number of unbranched alkanes of at least 4 members (excludes halogenated alkanes) is 3. The van der Waals surface area contributed by atoms with Crippen molar-refractivity contribution < 1.29 is 28.7 Å². The zero-order valence-corrected chi connectivity index (χ0v) is 31.9. The highest BCUT2D eigenvalue weighted by Crippen LogP contribution is 2.30. The maximum Gasteiger partial charge on any atom is 0.242 e. The number of rotatable bonds is 22. The van der Waals surface area contributed by atoms with Crippen molar-refractivity contribution >= 4 is 68.9 Å². The molecule has 2 atom stereocenters. The third-order valence-electron chi connectivity index (χ3n) is 9.14. The van der Waals surface area contributed by atoms with Gasteiger partial charge in [-0.2, -0.15) is 0 Å². The number of nitrogen functional groups attached to an aromatic ring is 1. The molecule has 1 aliphatic heterocycles. The SMILES string of the molecule is CCOCc1nc2c(N)nc3ccccc3c2n1CC(C)(C)NC(=O)CCCCCN1C(=O)CC(SCC(=O)NCCCCC(NC)C(C)=O)C1=O. The fraction of sp³-hybridized carbons (Fsp3) is 0.595. The molecule has 14 nitrogen and oxygen atoms in total. The first-order valence-corrected chi connectivity index (χ1v) is 19.2. The number of carbonyl (C=O) groups excluding carboxylic acids is 5. The third-order valence-corrected chi connectivity index (χ3v) is 10.3. The summed E-state index contributed by atoms with van der Waals surface area (Å²) in [4.78, 5) is 73.0. The van der Waals surface area contributed by atoms with Crippen LogP contribution in [0.1, 0.15) is 84.9 Å². The predicted molar refractivity (Wildman–Crippen MR) is 203 cm³/mol. The largest absolute Gasteiger partial charge is 0.382 e. The van der Waals surface area contributed by atoms with E-state index < -0.39 is 10.8 Å². The molecule has 0 aliphatic carbocycles. The summed E-state index contributed by atoms with van der Waals surface area (Å²) < 4.78 is 7.78. The van der Waals surface area contributed by atoms with E-state index in [-0.39, 0.29) is 47.6 Å². The fourth-order valence-electron chi connectivity index (χ4n) is 6.48. The van der Waals surface area contributed by atoms with Gasteiger partial charge in [0.1, 0.15) is 23.7 Å². The van der Waals surface area contributed by atoms with Gasteiger partial charge in [-0.25, -0.2) is 9.97 Å². The number of para-hydroxylation sites is 1. The van der Waals surface area contributed by atoms with Crippen molar-refractivity contribution in [1.29, 1.82) is 0 Å². The fourth-order valence-corrected chi connectivity index (χ4v) is 7.47. The lowest BCUT2D eigenvalue weighted by Gasteiger charge is -2.28. The molecule has 52 heavy (non-hydrogen) atoms. The summed E-state index contributed by atoms with van der Waals surface area (Å²) in [6, 6.07) is 7.60. The van der Waals surface area contributed by atoms with Crippen LogP contribution in [-0.4, -0.2) is 98.2 Å². The number of hydrogen-bond acceptors (Lipinski definition) is 11. The molecule has 0 saturated carbocycles. The Balaban J connectivity index is 1.19. The van der Waals surface area contributed by atoms with E-state index >= 15 is 0 Å². The Kier molecular flexibility index (Phi) is 15.0. The van der Waals surface area contributed by atoms with Gasteiger partial charge in [-0.15, -0.1) is 11.8 Å². The second-order valence-corrected chi connectivity index (χ2v) is 15.1. The smallest absolute Gasteiger partial charge is 0.242 e. The summed E-state index contributed by atoms with van der Waals surface area (Å²) in [7, 11) is 1.76. The van der Waals surface area contributed by atoms with E-state index in [2.05, 4.69) is 25.5 Å². The molecule has 1 saturated heterocycles. The number of nitrogens with zero attached hydrogens (tertiary/aromatic N) is 4. The first-order valence-electron chi connectivity index (χ1n) is 18.2. The molecule has 2 unspecified atom stereocenters. The second-order valence-electron chi connectivity index (χ2n) is 13.9. The number of ether oxygens (including phenoxy) is 1. The van der Waals surface area contributed by atoms with Crippen LogP contribution in [0.4, 0.5) is 5.82 Å². The molecule has 2 aromatic heterocycles. The van der Waals surface area contributed by atoms with Crippen molar-refractivity contribution in [2.75, 3.05) is 38.2 Å². The molecule has 0 spiro atoms. The van der Waals surface area contributed by atoms with Crippen LogP contribution >= 0.6 is 11.8 Å². The van der Waals surface area contributed by atoms with Crippen LogP contribution in [0.2, 0.25) is 0 Å². The quantitative estimate of drug-likeness (QED) is 0.0872. The average molecular weight is 739 g/mol. The molecule has 15 heteroatoms. The Labute approximate surface area is 309 Å². The molecule has 0 bridgehead atoms.